The molecule has 0 N–H and O–H groups in total. The second-order valence-electron chi connectivity index (χ2n) is 8.29. The van der Waals surface area contributed by atoms with E-state index in [0.29, 0.717) is 6.10 Å². The summed E-state index contributed by atoms with van der Waals surface area (Å²) in [6.45, 7) is 8.35. The molecule has 7 heteroatoms. The highest BCUT2D eigenvalue weighted by Gasteiger charge is 2.25. The van der Waals surface area contributed by atoms with Gasteiger partial charge in [-0.05, 0) is 56.8 Å². The van der Waals surface area contributed by atoms with Crippen LogP contribution in [0.3, 0.4) is 0 Å². The van der Waals surface area contributed by atoms with E-state index in [0.717, 1.165) is 50.4 Å². The summed E-state index contributed by atoms with van der Waals surface area (Å²) < 4.78 is 13.5. The number of rotatable bonds is 10. The summed E-state index contributed by atoms with van der Waals surface area (Å²) in [7, 11) is 1.79. The van der Waals surface area contributed by atoms with Crippen molar-refractivity contribution in [2.75, 3.05) is 53.0 Å². The fourth-order valence-corrected chi connectivity index (χ4v) is 5.21. The average Bonchev–Trinajstić information content (AvgIpc) is 3.50. The van der Waals surface area contributed by atoms with Gasteiger partial charge in [-0.2, -0.15) is 0 Å². The topological polar surface area (TPSA) is 42.8 Å². The summed E-state index contributed by atoms with van der Waals surface area (Å²) in [5, 5.41) is 3.09. The van der Waals surface area contributed by atoms with Gasteiger partial charge in [0.25, 0.3) is 0 Å². The number of piperidine rings is 1. The smallest absolute Gasteiger partial charge is 0.193 e. The zero-order chi connectivity index (χ0) is 19.9. The minimum absolute atomic E-state index is 0.389. The zero-order valence-corrected chi connectivity index (χ0v) is 18.4. The first-order valence-electron chi connectivity index (χ1n) is 10.9. The Bertz CT molecular complexity index is 706. The van der Waals surface area contributed by atoms with E-state index in [1.807, 2.05) is 11.6 Å². The van der Waals surface area contributed by atoms with Crippen molar-refractivity contribution in [2.24, 2.45) is 5.92 Å². The van der Waals surface area contributed by atoms with Crippen molar-refractivity contribution in [3.8, 4) is 5.13 Å². The van der Waals surface area contributed by atoms with Crippen molar-refractivity contribution in [2.45, 2.75) is 38.3 Å². The van der Waals surface area contributed by atoms with E-state index in [2.05, 4.69) is 37.7 Å². The van der Waals surface area contributed by atoms with Gasteiger partial charge in [0.2, 0.25) is 0 Å². The minimum Gasteiger partial charge on any atom is -0.383 e. The molecule has 160 valence electrons. The van der Waals surface area contributed by atoms with Crippen LogP contribution in [0.1, 0.15) is 31.4 Å². The quantitative estimate of drug-likeness (QED) is 0.592. The SMILES string of the molecule is COCCN1CCC(CN(Cc2cccn2-c2nccs2)CC2CCCO2)CC1. The van der Waals surface area contributed by atoms with Crippen LogP contribution in [0, 0.1) is 5.92 Å². The van der Waals surface area contributed by atoms with Crippen LogP contribution >= 0.6 is 11.3 Å². The number of nitrogens with zero attached hydrogens (tertiary/aromatic N) is 4. The lowest BCUT2D eigenvalue weighted by atomic mass is 9.96. The van der Waals surface area contributed by atoms with Gasteiger partial charge in [-0.25, -0.2) is 4.98 Å². The van der Waals surface area contributed by atoms with Crippen molar-refractivity contribution < 1.29 is 9.47 Å². The molecular formula is C22H34N4O2S. The lowest BCUT2D eigenvalue weighted by Crippen LogP contribution is -2.41. The number of hydrogen-bond acceptors (Lipinski definition) is 6. The monoisotopic (exact) mass is 418 g/mol. The van der Waals surface area contributed by atoms with Crippen LogP contribution in [-0.4, -0.2) is 78.5 Å². The minimum atomic E-state index is 0.389. The Hall–Kier alpha value is -1.25. The third-order valence-electron chi connectivity index (χ3n) is 6.17. The molecule has 0 aromatic carbocycles. The fourth-order valence-electron chi connectivity index (χ4n) is 4.55. The summed E-state index contributed by atoms with van der Waals surface area (Å²) in [5.41, 5.74) is 1.32. The third kappa shape index (κ3) is 5.89. The maximum atomic E-state index is 5.97. The van der Waals surface area contributed by atoms with Crippen molar-refractivity contribution in [3.05, 3.63) is 35.6 Å². The predicted octanol–water partition coefficient (Wildman–Crippen LogP) is 3.27. The maximum absolute atomic E-state index is 5.97. The molecule has 4 heterocycles. The zero-order valence-electron chi connectivity index (χ0n) is 17.5. The summed E-state index contributed by atoms with van der Waals surface area (Å²) in [6, 6.07) is 4.37. The average molecular weight is 419 g/mol. The second kappa shape index (κ2) is 10.7. The molecule has 4 rings (SSSR count). The Morgan fingerprint density at radius 1 is 1.28 bits per heavy atom. The number of methoxy groups -OCH3 is 1. The summed E-state index contributed by atoms with van der Waals surface area (Å²) in [4.78, 5) is 9.67. The summed E-state index contributed by atoms with van der Waals surface area (Å²) in [6.07, 6.45) is 9.35. The van der Waals surface area contributed by atoms with Crippen molar-refractivity contribution in [1.29, 1.82) is 0 Å². The molecule has 2 aliphatic rings. The highest BCUT2D eigenvalue weighted by molar-refractivity contribution is 7.12. The van der Waals surface area contributed by atoms with Crippen molar-refractivity contribution >= 4 is 11.3 Å². The Balaban J connectivity index is 1.38. The molecule has 0 aliphatic carbocycles. The molecule has 2 fully saturated rings. The van der Waals surface area contributed by atoms with E-state index in [1.54, 1.807) is 18.4 Å². The molecule has 2 aliphatic heterocycles. The highest BCUT2D eigenvalue weighted by atomic mass is 32.1. The first-order valence-corrected chi connectivity index (χ1v) is 11.8. The molecule has 0 bridgehead atoms. The Kier molecular flexibility index (Phi) is 7.73. The predicted molar refractivity (Wildman–Crippen MR) is 117 cm³/mol. The second-order valence-corrected chi connectivity index (χ2v) is 9.16. The van der Waals surface area contributed by atoms with Gasteiger partial charge in [0.15, 0.2) is 5.13 Å². The van der Waals surface area contributed by atoms with Gasteiger partial charge in [-0.3, -0.25) is 9.47 Å². The van der Waals surface area contributed by atoms with E-state index in [4.69, 9.17) is 9.47 Å². The Morgan fingerprint density at radius 3 is 2.90 bits per heavy atom. The summed E-state index contributed by atoms with van der Waals surface area (Å²) in [5.74, 6) is 0.762. The Labute approximate surface area is 178 Å². The molecule has 0 saturated carbocycles. The largest absolute Gasteiger partial charge is 0.383 e. The number of thiazole rings is 1. The van der Waals surface area contributed by atoms with Crippen molar-refractivity contribution in [1.82, 2.24) is 19.4 Å². The lowest BCUT2D eigenvalue weighted by Gasteiger charge is -2.35. The van der Waals surface area contributed by atoms with Crippen LogP contribution in [-0.2, 0) is 16.0 Å². The third-order valence-corrected chi connectivity index (χ3v) is 6.94. The fraction of sp³-hybridized carbons (Fsp3) is 0.682. The van der Waals surface area contributed by atoms with E-state index >= 15 is 0 Å². The first kappa shape index (κ1) is 21.0. The van der Waals surface area contributed by atoms with Gasteiger partial charge in [-0.15, -0.1) is 11.3 Å². The van der Waals surface area contributed by atoms with Gasteiger partial charge >= 0.3 is 0 Å². The van der Waals surface area contributed by atoms with Gasteiger partial charge in [-0.1, -0.05) is 0 Å². The Morgan fingerprint density at radius 2 is 2.17 bits per heavy atom. The molecule has 2 aromatic heterocycles. The van der Waals surface area contributed by atoms with Crippen LogP contribution in [0.15, 0.2) is 29.9 Å². The van der Waals surface area contributed by atoms with Crippen LogP contribution < -0.4 is 0 Å². The molecule has 1 atom stereocenters. The van der Waals surface area contributed by atoms with Crippen LogP contribution in [0.2, 0.25) is 0 Å². The number of likely N-dealkylation sites (tertiary alicyclic amines) is 1. The molecule has 2 aromatic rings. The molecular weight excluding hydrogens is 384 g/mol. The molecule has 0 spiro atoms. The number of hydrogen-bond donors (Lipinski definition) is 0. The molecule has 0 amide bonds. The van der Waals surface area contributed by atoms with Gasteiger partial charge in [0.1, 0.15) is 0 Å². The van der Waals surface area contributed by atoms with E-state index in [-0.39, 0.29) is 0 Å². The molecule has 0 radical (unpaired) electrons. The van der Waals surface area contributed by atoms with Gasteiger partial charge < -0.3 is 14.4 Å². The van der Waals surface area contributed by atoms with E-state index in [9.17, 15) is 0 Å². The molecule has 6 nitrogen and oxygen atoms in total. The van der Waals surface area contributed by atoms with Crippen LogP contribution in [0.4, 0.5) is 0 Å². The normalized spacial score (nSPS) is 21.4. The van der Waals surface area contributed by atoms with Crippen LogP contribution in [0.5, 0.6) is 0 Å². The maximum Gasteiger partial charge on any atom is 0.193 e. The van der Waals surface area contributed by atoms with Gasteiger partial charge in [0, 0.05) is 63.4 Å². The molecule has 29 heavy (non-hydrogen) atoms. The highest BCUT2D eigenvalue weighted by Crippen LogP contribution is 2.23. The van der Waals surface area contributed by atoms with Gasteiger partial charge in [0.05, 0.1) is 12.7 Å². The first-order chi connectivity index (χ1) is 14.3. The number of aromatic nitrogens is 2. The summed E-state index contributed by atoms with van der Waals surface area (Å²) >= 11 is 1.69. The van der Waals surface area contributed by atoms with Crippen molar-refractivity contribution in [3.63, 3.8) is 0 Å². The standard InChI is InChI=1S/C22H34N4O2S/c1-27-14-12-24-10-6-19(7-11-24)16-25(18-21-5-3-13-28-21)17-20-4-2-9-26(20)22-23-8-15-29-22/h2,4,8-9,15,19,21H,3,5-7,10-14,16-18H2,1H3. The lowest BCUT2D eigenvalue weighted by molar-refractivity contribution is 0.0545. The van der Waals surface area contributed by atoms with E-state index in [1.165, 1.54) is 44.5 Å². The number of ether oxygens (including phenoxy) is 2. The molecule has 2 saturated heterocycles. The van der Waals surface area contributed by atoms with E-state index < -0.39 is 0 Å². The molecule has 1 unspecified atom stereocenters. The van der Waals surface area contributed by atoms with Crippen LogP contribution in [0.25, 0.3) is 5.13 Å².